The number of hydrogen-bond donors (Lipinski definition) is 1. The van der Waals surface area contributed by atoms with E-state index in [1.165, 1.54) is 19.6 Å². The van der Waals surface area contributed by atoms with Crippen molar-refractivity contribution in [2.75, 3.05) is 19.6 Å². The predicted molar refractivity (Wildman–Crippen MR) is 35.7 cm³/mol. The van der Waals surface area contributed by atoms with E-state index in [0.717, 1.165) is 0 Å². The predicted octanol–water partition coefficient (Wildman–Crippen LogP) is -1.59. The molecule has 0 aliphatic rings. The average Bonchev–Trinajstić information content (AvgIpc) is 1.90. The van der Waals surface area contributed by atoms with Gasteiger partial charge in [-0.15, -0.1) is 0 Å². The molecule has 0 aromatic carbocycles. The molecule has 4 nitrogen and oxygen atoms in total. The molecule has 70 valence electrons. The molecule has 0 heterocycles. The van der Waals surface area contributed by atoms with Gasteiger partial charge in [0.25, 0.3) is 0 Å². The van der Waals surface area contributed by atoms with Crippen molar-refractivity contribution in [1.29, 1.82) is 0 Å². The first kappa shape index (κ1) is 13.9. The summed E-state index contributed by atoms with van der Waals surface area (Å²) in [4.78, 5) is 2.38. The third kappa shape index (κ3) is 17.9. The highest BCUT2D eigenvalue weighted by molar-refractivity contribution is 4.43. The minimum Gasteiger partial charge on any atom is -0.372 e. The number of nitrogens with zero attached hydrogens (tertiary/aromatic N) is 1. The van der Waals surface area contributed by atoms with Gasteiger partial charge < -0.3 is 13.3 Å². The summed E-state index contributed by atoms with van der Waals surface area (Å²) in [6, 6.07) is 0. The van der Waals surface area contributed by atoms with Gasteiger partial charge in [0.15, 0.2) is 0 Å². The Labute approximate surface area is 73.3 Å². The number of hydrogen-bond acceptors (Lipinski definition) is 4. The lowest BCUT2D eigenvalue weighted by Crippen LogP contribution is -2.30. The second-order valence-corrected chi connectivity index (χ2v) is 2.66. The Bertz CT molecular complexity index is 60.6. The fourth-order valence-corrected chi connectivity index (χ4v) is 0.671. The average molecular weight is 230 g/mol. The van der Waals surface area contributed by atoms with Crippen molar-refractivity contribution in [3.8, 4) is 0 Å². The fourth-order valence-electron chi connectivity index (χ4n) is 0.671. The van der Waals surface area contributed by atoms with Crippen LogP contribution in [0.25, 0.3) is 0 Å². The van der Waals surface area contributed by atoms with E-state index in [-0.39, 0.29) is 0 Å². The van der Waals surface area contributed by atoms with Crippen molar-refractivity contribution >= 4 is 0 Å². The molecule has 0 aliphatic carbocycles. The molecule has 0 atom stereocenters. The lowest BCUT2D eigenvalue weighted by atomic mass is 10.5. The first-order chi connectivity index (χ1) is 5.08. The van der Waals surface area contributed by atoms with Gasteiger partial charge in [-0.3, -0.25) is 0 Å². The third-order valence-electron chi connectivity index (χ3n) is 1.34. The summed E-state index contributed by atoms with van der Waals surface area (Å²) in [5.74, 6) is 0. The zero-order chi connectivity index (χ0) is 9.28. The van der Waals surface area contributed by atoms with E-state index in [2.05, 4.69) is 25.7 Å². The summed E-state index contributed by atoms with van der Waals surface area (Å²) in [5.41, 5.74) is 0. The summed E-state index contributed by atoms with van der Waals surface area (Å²) in [6.45, 7) is 10.1. The Morgan fingerprint density at radius 2 is 1.27 bits per heavy atom. The second kappa shape index (κ2) is 10.3. The second-order valence-electron chi connectivity index (χ2n) is 1.82. The lowest BCUT2D eigenvalue weighted by molar-refractivity contribution is -1.63. The summed E-state index contributed by atoms with van der Waals surface area (Å²) in [6.07, 6.45) is 0. The molecule has 0 saturated carbocycles. The van der Waals surface area contributed by atoms with Gasteiger partial charge in [0.2, 0.25) is 0 Å². The minimum absolute atomic E-state index is 1.19. The van der Waals surface area contributed by atoms with Gasteiger partial charge in [-0.25, -0.2) is 0 Å². The van der Waals surface area contributed by atoms with Gasteiger partial charge in [-0.2, -0.15) is 0 Å². The Kier molecular flexibility index (Phi) is 13.0. The lowest BCUT2D eigenvalue weighted by Gasteiger charge is -2.13. The molecule has 0 bridgehead atoms. The number of rotatable bonds is 3. The van der Waals surface area contributed by atoms with Crippen molar-refractivity contribution in [3.63, 3.8) is 0 Å². The van der Waals surface area contributed by atoms with Crippen LogP contribution in [0.15, 0.2) is 0 Å². The molecule has 0 saturated heterocycles. The van der Waals surface area contributed by atoms with E-state index in [0.29, 0.717) is 0 Å². The Hall–Kier alpha value is 0.320. The maximum Gasteiger partial charge on any atom is 0.433 e. The molecule has 0 aliphatic heterocycles. The Balaban J connectivity index is 0. The Morgan fingerprint density at radius 3 is 1.27 bits per heavy atom. The smallest absolute Gasteiger partial charge is 0.372 e. The SMILES string of the molecule is CCN(CC)CC.[O-][Br+2]([O-])O. The van der Waals surface area contributed by atoms with E-state index >= 15 is 0 Å². The van der Waals surface area contributed by atoms with Crippen LogP contribution in [0.4, 0.5) is 0 Å². The molecule has 0 aromatic heterocycles. The van der Waals surface area contributed by atoms with Crippen molar-refractivity contribution < 1.29 is 27.4 Å². The van der Waals surface area contributed by atoms with Crippen molar-refractivity contribution in [2.24, 2.45) is 0 Å². The van der Waals surface area contributed by atoms with E-state index in [1.54, 1.807) is 0 Å². The van der Waals surface area contributed by atoms with Crippen LogP contribution in [0.1, 0.15) is 20.8 Å². The summed E-state index contributed by atoms with van der Waals surface area (Å²) in [5, 5.41) is 0. The van der Waals surface area contributed by atoms with Crippen LogP contribution in [0.3, 0.4) is 0 Å². The van der Waals surface area contributed by atoms with Gasteiger partial charge >= 0.3 is 14.8 Å². The van der Waals surface area contributed by atoms with Crippen molar-refractivity contribution in [2.45, 2.75) is 20.8 Å². The molecule has 0 spiro atoms. The van der Waals surface area contributed by atoms with E-state index in [4.69, 9.17) is 12.6 Å². The highest BCUT2D eigenvalue weighted by atomic mass is 80.0. The van der Waals surface area contributed by atoms with Crippen molar-refractivity contribution in [1.82, 2.24) is 4.90 Å². The first-order valence-corrected chi connectivity index (χ1v) is 5.55. The quantitative estimate of drug-likeness (QED) is 0.634. The molecule has 0 rings (SSSR count). The highest BCUT2D eigenvalue weighted by Crippen LogP contribution is 1.81. The van der Waals surface area contributed by atoms with Gasteiger partial charge in [0.05, 0.1) is 0 Å². The molecule has 0 aromatic rings. The van der Waals surface area contributed by atoms with Crippen LogP contribution in [-0.4, -0.2) is 28.7 Å². The zero-order valence-electron chi connectivity index (χ0n) is 7.21. The van der Waals surface area contributed by atoms with Gasteiger partial charge in [-0.05, 0) is 23.8 Å². The van der Waals surface area contributed by atoms with Crippen LogP contribution < -0.4 is 8.40 Å². The summed E-state index contributed by atoms with van der Waals surface area (Å²) in [7, 11) is 0. The topological polar surface area (TPSA) is 69.6 Å². The maximum atomic E-state index is 8.63. The summed E-state index contributed by atoms with van der Waals surface area (Å²) < 4.78 is 24.3. The van der Waals surface area contributed by atoms with Crippen molar-refractivity contribution in [3.05, 3.63) is 0 Å². The molecule has 0 radical (unpaired) electrons. The standard InChI is InChI=1S/C6H15N.BrHO3/c1-4-7(5-2)6-3;2-1(3)4/h4-6H2,1-3H3;2H. The Morgan fingerprint density at radius 1 is 1.09 bits per heavy atom. The molecule has 0 fully saturated rings. The van der Waals surface area contributed by atoms with Gasteiger partial charge in [-0.1, -0.05) is 20.8 Å². The van der Waals surface area contributed by atoms with Crippen LogP contribution in [0.2, 0.25) is 0 Å². The minimum atomic E-state index is -3.40. The zero-order valence-corrected chi connectivity index (χ0v) is 8.80. The molecule has 0 amide bonds. The molecule has 1 N–H and O–H groups in total. The third-order valence-corrected chi connectivity index (χ3v) is 1.34. The maximum absolute atomic E-state index is 8.63. The van der Waals surface area contributed by atoms with Gasteiger partial charge in [0.1, 0.15) is 0 Å². The molecule has 0 unspecified atom stereocenters. The number of halogens is 1. The van der Waals surface area contributed by atoms with E-state index < -0.39 is 14.8 Å². The molecular weight excluding hydrogens is 214 g/mol. The molecule has 11 heavy (non-hydrogen) atoms. The summed E-state index contributed by atoms with van der Waals surface area (Å²) >= 11 is -3.40. The van der Waals surface area contributed by atoms with Crippen LogP contribution >= 0.6 is 0 Å². The monoisotopic (exact) mass is 229 g/mol. The first-order valence-electron chi connectivity index (χ1n) is 3.55. The van der Waals surface area contributed by atoms with Crippen LogP contribution in [-0.2, 0) is 0 Å². The van der Waals surface area contributed by atoms with Crippen LogP contribution in [0, 0.1) is 14.8 Å². The van der Waals surface area contributed by atoms with E-state index in [9.17, 15) is 0 Å². The van der Waals surface area contributed by atoms with Crippen LogP contribution in [0.5, 0.6) is 0 Å². The normalized spacial score (nSPS) is 9.82. The highest BCUT2D eigenvalue weighted by Gasteiger charge is 1.89. The van der Waals surface area contributed by atoms with E-state index in [1.807, 2.05) is 0 Å². The largest absolute Gasteiger partial charge is 0.433 e. The molecular formula is C6H16BrNO3. The van der Waals surface area contributed by atoms with Gasteiger partial charge in [0, 0.05) is 0 Å². The molecule has 5 heteroatoms. The fraction of sp³-hybridized carbons (Fsp3) is 1.00.